The number of nitrogens with zero attached hydrogens (tertiary/aromatic N) is 2. The lowest BCUT2D eigenvalue weighted by molar-refractivity contribution is -0.124. The number of benzene rings is 1. The quantitative estimate of drug-likeness (QED) is 0.410. The van der Waals surface area contributed by atoms with Crippen LogP contribution in [0.1, 0.15) is 46.7 Å². The fraction of sp³-hybridized carbons (Fsp3) is 0.440. The molecule has 0 saturated carbocycles. The zero-order chi connectivity index (χ0) is 23.8. The fourth-order valence-electron chi connectivity index (χ4n) is 3.77. The first-order valence-electron chi connectivity index (χ1n) is 10.8. The molecule has 1 amide bonds. The highest BCUT2D eigenvalue weighted by molar-refractivity contribution is 5.98. The largest absolute Gasteiger partial charge is 0.493 e. The van der Waals surface area contributed by atoms with E-state index in [4.69, 9.17) is 14.2 Å². The minimum Gasteiger partial charge on any atom is -0.493 e. The normalized spacial score (nSPS) is 11.0. The molecule has 2 aromatic rings. The van der Waals surface area contributed by atoms with Gasteiger partial charge in [-0.3, -0.25) is 4.79 Å². The second kappa shape index (κ2) is 11.4. The molecule has 174 valence electrons. The van der Waals surface area contributed by atoms with Gasteiger partial charge in [0.25, 0.3) is 0 Å². The molecule has 2 rings (SSSR count). The van der Waals surface area contributed by atoms with E-state index in [9.17, 15) is 9.59 Å². The lowest BCUT2D eigenvalue weighted by Crippen LogP contribution is -2.27. The second-order valence-corrected chi connectivity index (χ2v) is 7.46. The molecule has 7 heteroatoms. The molecular formula is C25H34N2O5. The Labute approximate surface area is 190 Å². The topological polar surface area (TPSA) is 70.0 Å². The van der Waals surface area contributed by atoms with Gasteiger partial charge >= 0.3 is 5.97 Å². The minimum absolute atomic E-state index is 0.137. The highest BCUT2D eigenvalue weighted by Crippen LogP contribution is 2.28. The Morgan fingerprint density at radius 3 is 2.34 bits per heavy atom. The highest BCUT2D eigenvalue weighted by atomic mass is 16.5. The number of amides is 1. The van der Waals surface area contributed by atoms with E-state index in [1.54, 1.807) is 39.2 Å². The zero-order valence-corrected chi connectivity index (χ0v) is 20.2. The number of likely N-dealkylation sites (N-methyl/N-ethyl adjacent to an activating group) is 1. The molecule has 0 radical (unpaired) electrons. The van der Waals surface area contributed by atoms with Crippen molar-refractivity contribution in [2.24, 2.45) is 0 Å². The van der Waals surface area contributed by atoms with E-state index in [0.717, 1.165) is 29.1 Å². The number of ether oxygens (including phenoxy) is 3. The van der Waals surface area contributed by atoms with Crippen LogP contribution in [0.25, 0.3) is 6.08 Å². The van der Waals surface area contributed by atoms with Crippen LogP contribution >= 0.6 is 0 Å². The van der Waals surface area contributed by atoms with Gasteiger partial charge in [-0.05, 0) is 57.9 Å². The van der Waals surface area contributed by atoms with Crippen molar-refractivity contribution in [3.63, 3.8) is 0 Å². The molecule has 1 aromatic carbocycles. The number of aromatic nitrogens is 1. The summed E-state index contributed by atoms with van der Waals surface area (Å²) in [6.07, 6.45) is 3.91. The first-order valence-corrected chi connectivity index (χ1v) is 10.8. The maximum atomic E-state index is 12.7. The molecule has 32 heavy (non-hydrogen) atoms. The average Bonchev–Trinajstić information content (AvgIpc) is 3.04. The Hall–Kier alpha value is -3.22. The Kier molecular flexibility index (Phi) is 8.93. The highest BCUT2D eigenvalue weighted by Gasteiger charge is 2.22. The number of carbonyl (C=O) groups excluding carboxylic acids is 2. The van der Waals surface area contributed by atoms with Crippen LogP contribution in [-0.4, -0.2) is 55.8 Å². The molecule has 0 unspecified atom stereocenters. The van der Waals surface area contributed by atoms with E-state index in [-0.39, 0.29) is 11.9 Å². The van der Waals surface area contributed by atoms with Gasteiger partial charge in [-0.15, -0.1) is 0 Å². The summed E-state index contributed by atoms with van der Waals surface area (Å²) in [4.78, 5) is 26.9. The van der Waals surface area contributed by atoms with Gasteiger partial charge in [-0.1, -0.05) is 6.07 Å². The smallest absolute Gasteiger partial charge is 0.340 e. The van der Waals surface area contributed by atoms with Crippen LogP contribution in [0.15, 0.2) is 24.3 Å². The van der Waals surface area contributed by atoms with Gasteiger partial charge in [0.05, 0.1) is 26.4 Å². The van der Waals surface area contributed by atoms with E-state index >= 15 is 0 Å². The Bertz CT molecular complexity index is 991. The van der Waals surface area contributed by atoms with E-state index in [2.05, 4.69) is 4.57 Å². The van der Waals surface area contributed by atoms with Crippen molar-refractivity contribution in [2.75, 3.05) is 34.4 Å². The average molecular weight is 443 g/mol. The van der Waals surface area contributed by atoms with E-state index in [1.165, 1.54) is 6.08 Å². The SMILES string of the molecule is CCOC(=O)c1c(/C=C/C(=O)N(C)CCc2ccc(OC)c(OC)c2)c(C)n(CC)c1C. The van der Waals surface area contributed by atoms with Crippen LogP contribution in [-0.2, 0) is 22.5 Å². The lowest BCUT2D eigenvalue weighted by Gasteiger charge is -2.16. The minimum atomic E-state index is -0.366. The standard InChI is InChI=1S/C25H34N2O5/c1-8-27-17(3)20(24(18(27)4)25(29)32-9-2)11-13-23(28)26(5)15-14-19-10-12-21(30-6)22(16-19)31-7/h10-13,16H,8-9,14-15H2,1-7H3/b13-11+. The maximum absolute atomic E-state index is 12.7. The summed E-state index contributed by atoms with van der Waals surface area (Å²) < 4.78 is 17.9. The maximum Gasteiger partial charge on any atom is 0.340 e. The third-order valence-corrected chi connectivity index (χ3v) is 5.58. The number of rotatable bonds is 10. The number of hydrogen-bond donors (Lipinski definition) is 0. The van der Waals surface area contributed by atoms with Gasteiger partial charge in [0, 0.05) is 43.2 Å². The number of methoxy groups -OCH3 is 2. The third-order valence-electron chi connectivity index (χ3n) is 5.58. The van der Waals surface area contributed by atoms with Crippen molar-refractivity contribution >= 4 is 18.0 Å². The van der Waals surface area contributed by atoms with E-state index in [1.807, 2.05) is 39.0 Å². The predicted octanol–water partition coefficient (Wildman–Crippen LogP) is 4.03. The second-order valence-electron chi connectivity index (χ2n) is 7.46. The van der Waals surface area contributed by atoms with E-state index < -0.39 is 0 Å². The Balaban J connectivity index is 2.15. The first-order chi connectivity index (χ1) is 15.3. The van der Waals surface area contributed by atoms with Crippen molar-refractivity contribution in [3.05, 3.63) is 52.4 Å². The van der Waals surface area contributed by atoms with Gasteiger partial charge in [0.15, 0.2) is 11.5 Å². The van der Waals surface area contributed by atoms with Crippen LogP contribution in [0.2, 0.25) is 0 Å². The molecule has 0 aliphatic heterocycles. The first kappa shape index (κ1) is 25.0. The fourth-order valence-corrected chi connectivity index (χ4v) is 3.77. The van der Waals surface area contributed by atoms with Crippen molar-refractivity contribution < 1.29 is 23.8 Å². The Morgan fingerprint density at radius 2 is 1.75 bits per heavy atom. The van der Waals surface area contributed by atoms with Gasteiger partial charge in [0.2, 0.25) is 5.91 Å². The predicted molar refractivity (Wildman–Crippen MR) is 125 cm³/mol. The molecular weight excluding hydrogens is 408 g/mol. The molecule has 1 aromatic heterocycles. The monoisotopic (exact) mass is 442 g/mol. The zero-order valence-electron chi connectivity index (χ0n) is 20.2. The van der Waals surface area contributed by atoms with Crippen molar-refractivity contribution in [3.8, 4) is 11.5 Å². The molecule has 0 N–H and O–H groups in total. The lowest BCUT2D eigenvalue weighted by atomic mass is 10.1. The van der Waals surface area contributed by atoms with Gasteiger partial charge in [-0.25, -0.2) is 4.79 Å². The Morgan fingerprint density at radius 1 is 1.06 bits per heavy atom. The number of esters is 1. The molecule has 0 bridgehead atoms. The summed E-state index contributed by atoms with van der Waals surface area (Å²) in [6.45, 7) is 9.23. The van der Waals surface area contributed by atoms with Gasteiger partial charge < -0.3 is 23.7 Å². The third kappa shape index (κ3) is 5.52. The van der Waals surface area contributed by atoms with Crippen molar-refractivity contribution in [1.29, 1.82) is 0 Å². The molecule has 0 spiro atoms. The van der Waals surface area contributed by atoms with Crippen LogP contribution in [0.4, 0.5) is 0 Å². The number of hydrogen-bond acceptors (Lipinski definition) is 5. The molecule has 0 aliphatic rings. The van der Waals surface area contributed by atoms with Crippen molar-refractivity contribution in [2.45, 2.75) is 40.7 Å². The van der Waals surface area contributed by atoms with Gasteiger partial charge in [-0.2, -0.15) is 0 Å². The molecule has 1 heterocycles. The summed E-state index contributed by atoms with van der Waals surface area (Å²) in [7, 11) is 4.96. The molecule has 7 nitrogen and oxygen atoms in total. The number of carbonyl (C=O) groups is 2. The molecule has 0 aliphatic carbocycles. The summed E-state index contributed by atoms with van der Waals surface area (Å²) in [5, 5.41) is 0. The molecule has 0 saturated heterocycles. The molecule has 0 fully saturated rings. The molecule has 0 atom stereocenters. The summed E-state index contributed by atoms with van der Waals surface area (Å²) in [5.41, 5.74) is 4.07. The summed E-state index contributed by atoms with van der Waals surface area (Å²) >= 11 is 0. The summed E-state index contributed by atoms with van der Waals surface area (Å²) in [5.74, 6) is 0.832. The van der Waals surface area contributed by atoms with Crippen molar-refractivity contribution in [1.82, 2.24) is 9.47 Å². The van der Waals surface area contributed by atoms with E-state index in [0.29, 0.717) is 36.6 Å². The van der Waals surface area contributed by atoms with Crippen LogP contribution < -0.4 is 9.47 Å². The summed E-state index contributed by atoms with van der Waals surface area (Å²) in [6, 6.07) is 5.73. The van der Waals surface area contributed by atoms with Crippen LogP contribution in [0.5, 0.6) is 11.5 Å². The van der Waals surface area contributed by atoms with Gasteiger partial charge in [0.1, 0.15) is 0 Å². The van der Waals surface area contributed by atoms with Crippen LogP contribution in [0.3, 0.4) is 0 Å². The van der Waals surface area contributed by atoms with Crippen LogP contribution in [0, 0.1) is 13.8 Å².